The van der Waals surface area contributed by atoms with Gasteiger partial charge >= 0.3 is 0 Å². The summed E-state index contributed by atoms with van der Waals surface area (Å²) in [4.78, 5) is 0.178. The van der Waals surface area contributed by atoms with Crippen molar-refractivity contribution in [2.24, 2.45) is 11.1 Å². The van der Waals surface area contributed by atoms with Crippen LogP contribution in [0.1, 0.15) is 44.6 Å². The molecule has 4 nitrogen and oxygen atoms in total. The molecule has 0 bridgehead atoms. The number of primary sulfonamides is 1. The second-order valence-electron chi connectivity index (χ2n) is 5.95. The van der Waals surface area contributed by atoms with Crippen LogP contribution in [0.4, 0.5) is 0 Å². The average Bonchev–Trinajstić information content (AvgIpc) is 2.47. The van der Waals surface area contributed by atoms with Crippen LogP contribution >= 0.6 is 0 Å². The monoisotopic (exact) mass is 310 g/mol. The summed E-state index contributed by atoms with van der Waals surface area (Å²) >= 11 is 0. The minimum atomic E-state index is -3.58. The van der Waals surface area contributed by atoms with Gasteiger partial charge in [-0.2, -0.15) is 0 Å². The molecule has 118 valence electrons. The Bertz CT molecular complexity index is 540. The first-order valence-corrected chi connectivity index (χ1v) is 9.40. The molecule has 0 aliphatic heterocycles. The Morgan fingerprint density at radius 1 is 1.19 bits per heavy atom. The summed E-state index contributed by atoms with van der Waals surface area (Å²) in [5.74, 6) is 0.809. The smallest absolute Gasteiger partial charge is 0.238 e. The van der Waals surface area contributed by atoms with Gasteiger partial charge in [0.1, 0.15) is 0 Å². The molecule has 1 saturated carbocycles. The fourth-order valence-corrected chi connectivity index (χ4v) is 3.73. The zero-order valence-corrected chi connectivity index (χ0v) is 13.5. The topological polar surface area (TPSA) is 72.2 Å². The van der Waals surface area contributed by atoms with Crippen molar-refractivity contribution in [2.75, 3.05) is 6.54 Å². The second kappa shape index (κ2) is 7.38. The Balaban J connectivity index is 1.83. The van der Waals surface area contributed by atoms with E-state index in [2.05, 4.69) is 12.2 Å². The van der Waals surface area contributed by atoms with Crippen LogP contribution < -0.4 is 10.5 Å². The van der Waals surface area contributed by atoms with Crippen molar-refractivity contribution >= 4 is 10.0 Å². The summed E-state index contributed by atoms with van der Waals surface area (Å²) in [5, 5.41) is 8.77. The Hall–Kier alpha value is -0.910. The summed E-state index contributed by atoms with van der Waals surface area (Å²) in [5.41, 5.74) is 1.14. The van der Waals surface area contributed by atoms with E-state index in [0.717, 1.165) is 24.4 Å². The molecule has 2 atom stereocenters. The van der Waals surface area contributed by atoms with Gasteiger partial charge in [-0.15, -0.1) is 0 Å². The first-order chi connectivity index (χ1) is 10.0. The fraction of sp³-hybridized carbons (Fsp3) is 0.625. The van der Waals surface area contributed by atoms with Crippen molar-refractivity contribution in [1.82, 2.24) is 5.32 Å². The molecule has 3 N–H and O–H groups in total. The van der Waals surface area contributed by atoms with E-state index in [1.54, 1.807) is 12.1 Å². The van der Waals surface area contributed by atoms with Crippen LogP contribution in [0.2, 0.25) is 0 Å². The van der Waals surface area contributed by atoms with Gasteiger partial charge in [0.05, 0.1) is 4.90 Å². The lowest BCUT2D eigenvalue weighted by Crippen LogP contribution is -2.39. The number of nitrogens with one attached hydrogen (secondary N) is 1. The molecule has 2 unspecified atom stereocenters. The lowest BCUT2D eigenvalue weighted by molar-refractivity contribution is 0.257. The maximum Gasteiger partial charge on any atom is 0.238 e. The Kier molecular flexibility index (Phi) is 5.79. The van der Waals surface area contributed by atoms with Gasteiger partial charge in [-0.05, 0) is 49.4 Å². The lowest BCUT2D eigenvalue weighted by Gasteiger charge is -2.31. The number of hydrogen-bond acceptors (Lipinski definition) is 3. The molecule has 0 aromatic heterocycles. The number of sulfonamides is 1. The molecule has 2 rings (SSSR count). The van der Waals surface area contributed by atoms with Crippen molar-refractivity contribution in [2.45, 2.75) is 56.4 Å². The van der Waals surface area contributed by atoms with E-state index >= 15 is 0 Å². The van der Waals surface area contributed by atoms with E-state index in [1.165, 1.54) is 32.1 Å². The average molecular weight is 310 g/mol. The van der Waals surface area contributed by atoms with Gasteiger partial charge in [0.2, 0.25) is 10.0 Å². The predicted octanol–water partition coefficient (Wildman–Crippen LogP) is 2.43. The third-order valence-electron chi connectivity index (χ3n) is 4.51. The van der Waals surface area contributed by atoms with Gasteiger partial charge in [-0.25, -0.2) is 13.6 Å². The number of rotatable bonds is 6. The van der Waals surface area contributed by atoms with E-state index in [1.807, 2.05) is 12.1 Å². The molecule has 0 saturated heterocycles. The summed E-state index contributed by atoms with van der Waals surface area (Å²) in [7, 11) is -3.58. The molecule has 0 radical (unpaired) electrons. The summed E-state index contributed by atoms with van der Waals surface area (Å²) in [6.07, 6.45) is 7.49. The van der Waals surface area contributed by atoms with E-state index in [4.69, 9.17) is 5.14 Å². The number of benzene rings is 1. The van der Waals surface area contributed by atoms with Crippen molar-refractivity contribution in [3.63, 3.8) is 0 Å². The van der Waals surface area contributed by atoms with Crippen LogP contribution in [-0.2, 0) is 16.4 Å². The number of nitrogens with two attached hydrogens (primary N) is 1. The van der Waals surface area contributed by atoms with Crippen LogP contribution in [-0.4, -0.2) is 21.0 Å². The van der Waals surface area contributed by atoms with Gasteiger partial charge in [0.25, 0.3) is 0 Å². The molecule has 0 heterocycles. The molecular weight excluding hydrogens is 284 g/mol. The van der Waals surface area contributed by atoms with Crippen LogP contribution in [0.3, 0.4) is 0 Å². The van der Waals surface area contributed by atoms with E-state index < -0.39 is 10.0 Å². The van der Waals surface area contributed by atoms with Gasteiger partial charge < -0.3 is 5.32 Å². The summed E-state index contributed by atoms with van der Waals surface area (Å²) in [6.45, 7) is 3.21. The second-order valence-corrected chi connectivity index (χ2v) is 7.51. The molecule has 0 amide bonds. The molecule has 1 aromatic carbocycles. The highest BCUT2D eigenvalue weighted by molar-refractivity contribution is 7.89. The lowest BCUT2D eigenvalue weighted by atomic mass is 9.83. The van der Waals surface area contributed by atoms with Crippen molar-refractivity contribution in [3.05, 3.63) is 29.8 Å². The molecule has 1 aliphatic carbocycles. The Morgan fingerprint density at radius 2 is 1.86 bits per heavy atom. The minimum Gasteiger partial charge on any atom is -0.313 e. The van der Waals surface area contributed by atoms with Gasteiger partial charge in [-0.1, -0.05) is 38.3 Å². The van der Waals surface area contributed by atoms with Crippen LogP contribution in [0.5, 0.6) is 0 Å². The first-order valence-electron chi connectivity index (χ1n) is 7.86. The van der Waals surface area contributed by atoms with Crippen molar-refractivity contribution in [1.29, 1.82) is 0 Å². The molecular formula is C16H26N2O2S. The van der Waals surface area contributed by atoms with Crippen LogP contribution in [0, 0.1) is 5.92 Å². The standard InChI is InChI=1S/C16H26N2O2S/c1-2-14-5-3-4-6-16(14)18-12-11-13-7-9-15(10-8-13)21(17,19)20/h7-10,14,16,18H,2-6,11-12H2,1H3,(H2,17,19,20). The SMILES string of the molecule is CCC1CCCCC1NCCc1ccc(S(N)(=O)=O)cc1. The van der Waals surface area contributed by atoms with Crippen LogP contribution in [0.15, 0.2) is 29.2 Å². The normalized spacial score (nSPS) is 23.1. The maximum absolute atomic E-state index is 11.2. The van der Waals surface area contributed by atoms with Gasteiger partial charge in [0.15, 0.2) is 0 Å². The molecule has 1 aliphatic rings. The van der Waals surface area contributed by atoms with Gasteiger partial charge in [0, 0.05) is 6.04 Å². The molecule has 0 spiro atoms. The highest BCUT2D eigenvalue weighted by atomic mass is 32.2. The van der Waals surface area contributed by atoms with E-state index in [0.29, 0.717) is 6.04 Å². The largest absolute Gasteiger partial charge is 0.313 e. The summed E-state index contributed by atoms with van der Waals surface area (Å²) < 4.78 is 22.4. The zero-order valence-electron chi connectivity index (χ0n) is 12.7. The third kappa shape index (κ3) is 4.80. The first kappa shape index (κ1) is 16.5. The highest BCUT2D eigenvalue weighted by Crippen LogP contribution is 2.26. The summed E-state index contributed by atoms with van der Waals surface area (Å²) in [6, 6.07) is 7.51. The molecule has 21 heavy (non-hydrogen) atoms. The van der Waals surface area contributed by atoms with E-state index in [9.17, 15) is 8.42 Å². The predicted molar refractivity (Wildman–Crippen MR) is 85.6 cm³/mol. The minimum absolute atomic E-state index is 0.178. The van der Waals surface area contributed by atoms with Crippen molar-refractivity contribution < 1.29 is 8.42 Å². The molecule has 1 aromatic rings. The maximum atomic E-state index is 11.2. The third-order valence-corrected chi connectivity index (χ3v) is 5.43. The zero-order chi connectivity index (χ0) is 15.3. The quantitative estimate of drug-likeness (QED) is 0.847. The number of hydrogen-bond donors (Lipinski definition) is 2. The van der Waals surface area contributed by atoms with Gasteiger partial charge in [-0.3, -0.25) is 0 Å². The highest BCUT2D eigenvalue weighted by Gasteiger charge is 2.22. The van der Waals surface area contributed by atoms with Crippen LogP contribution in [0.25, 0.3) is 0 Å². The van der Waals surface area contributed by atoms with E-state index in [-0.39, 0.29) is 4.90 Å². The Labute approximate surface area is 128 Å². The van der Waals surface area contributed by atoms with Crippen molar-refractivity contribution in [3.8, 4) is 0 Å². The Morgan fingerprint density at radius 3 is 2.48 bits per heavy atom. The fourth-order valence-electron chi connectivity index (χ4n) is 3.21. The molecule has 1 fully saturated rings. The molecule has 5 heteroatoms.